The number of carbonyl (C=O) groups is 4. The van der Waals surface area contributed by atoms with Gasteiger partial charge in [-0.2, -0.15) is 0 Å². The molecule has 0 bridgehead atoms. The largest absolute Gasteiger partial charge is 0.497 e. The van der Waals surface area contributed by atoms with E-state index in [-0.39, 0.29) is 58.7 Å². The summed E-state index contributed by atoms with van der Waals surface area (Å²) in [4.78, 5) is 49.0. The van der Waals surface area contributed by atoms with Crippen molar-refractivity contribution in [1.82, 2.24) is 10.6 Å². The summed E-state index contributed by atoms with van der Waals surface area (Å²) in [5.41, 5.74) is -0.112. The molecule has 1 heterocycles. The van der Waals surface area contributed by atoms with E-state index < -0.39 is 65.9 Å². The van der Waals surface area contributed by atoms with Crippen LogP contribution in [0.2, 0.25) is 0 Å². The van der Waals surface area contributed by atoms with Crippen LogP contribution in [0.4, 0.5) is 0 Å². The van der Waals surface area contributed by atoms with E-state index in [0.717, 1.165) is 16.7 Å². The van der Waals surface area contributed by atoms with Crippen molar-refractivity contribution in [1.29, 1.82) is 0 Å². The summed E-state index contributed by atoms with van der Waals surface area (Å²) in [5, 5.41) is 16.3. The molecule has 0 spiro atoms. The molecular weight excluding hydrogens is 792 g/mol. The standard InChI is InChI=1S/C45H60N2O14/c1-30-40(47-31(2)49)42(61-39(27-58-32(3)50)41(30)60-33(4)51)57-26-25-56-24-23-55-22-21-46-43(52)44(5,28-48)29-59-45(34-11-9-8-10-12-34,35-13-17-37(53-6)18-14-35)36-15-19-38(54-7)20-16-36/h8-20,30,39-42,48H,21-29H2,1-7H3,(H,46,52)(H,47,49). The van der Waals surface area contributed by atoms with Crippen molar-refractivity contribution >= 4 is 23.8 Å². The fourth-order valence-corrected chi connectivity index (χ4v) is 6.93. The molecule has 1 aliphatic heterocycles. The van der Waals surface area contributed by atoms with Gasteiger partial charge in [-0.15, -0.1) is 0 Å². The Labute approximate surface area is 357 Å². The predicted octanol–water partition coefficient (Wildman–Crippen LogP) is 3.54. The number of hydrogen-bond donors (Lipinski definition) is 3. The molecule has 0 aromatic heterocycles. The Kier molecular flexibility index (Phi) is 18.9. The molecule has 16 nitrogen and oxygen atoms in total. The average molecular weight is 853 g/mol. The first kappa shape index (κ1) is 48.6. The molecule has 0 saturated carbocycles. The van der Waals surface area contributed by atoms with Crippen LogP contribution in [-0.2, 0) is 57.9 Å². The second-order valence-electron chi connectivity index (χ2n) is 14.9. The van der Waals surface area contributed by atoms with E-state index in [1.165, 1.54) is 20.8 Å². The van der Waals surface area contributed by atoms with E-state index in [1.54, 1.807) is 28.1 Å². The lowest BCUT2D eigenvalue weighted by Gasteiger charge is -2.44. The molecule has 0 radical (unpaired) electrons. The zero-order valence-corrected chi connectivity index (χ0v) is 36.0. The third-order valence-electron chi connectivity index (χ3n) is 10.3. The molecule has 0 aliphatic carbocycles. The van der Waals surface area contributed by atoms with Gasteiger partial charge in [0.1, 0.15) is 35.9 Å². The van der Waals surface area contributed by atoms with E-state index in [2.05, 4.69) is 10.6 Å². The van der Waals surface area contributed by atoms with Crippen LogP contribution in [0.25, 0.3) is 0 Å². The van der Waals surface area contributed by atoms with Crippen LogP contribution in [-0.4, -0.2) is 127 Å². The molecule has 1 aliphatic rings. The Morgan fingerprint density at radius 1 is 0.754 bits per heavy atom. The van der Waals surface area contributed by atoms with Crippen molar-refractivity contribution in [3.8, 4) is 11.5 Å². The van der Waals surface area contributed by atoms with E-state index in [0.29, 0.717) is 11.5 Å². The fraction of sp³-hybridized carbons (Fsp3) is 0.511. The molecule has 3 N–H and O–H groups in total. The number of benzene rings is 3. The first-order valence-corrected chi connectivity index (χ1v) is 20.2. The van der Waals surface area contributed by atoms with E-state index in [9.17, 15) is 24.3 Å². The minimum absolute atomic E-state index is 0.0896. The summed E-state index contributed by atoms with van der Waals surface area (Å²) in [7, 11) is 3.20. The Bertz CT molecular complexity index is 1780. The van der Waals surface area contributed by atoms with Crippen LogP contribution in [0.1, 0.15) is 51.3 Å². The first-order valence-electron chi connectivity index (χ1n) is 20.2. The third kappa shape index (κ3) is 13.4. The number of methoxy groups -OCH3 is 2. The van der Waals surface area contributed by atoms with Gasteiger partial charge < -0.3 is 58.4 Å². The number of hydrogen-bond acceptors (Lipinski definition) is 14. The number of aliphatic hydroxyl groups excluding tert-OH is 1. The highest BCUT2D eigenvalue weighted by molar-refractivity contribution is 5.82. The molecule has 4 rings (SSSR count). The van der Waals surface area contributed by atoms with Crippen molar-refractivity contribution < 1.29 is 66.9 Å². The number of nitrogens with one attached hydrogen (secondary N) is 2. The van der Waals surface area contributed by atoms with Gasteiger partial charge in [0.25, 0.3) is 0 Å². The summed E-state index contributed by atoms with van der Waals surface area (Å²) >= 11 is 0. The Hall–Kier alpha value is -5.10. The average Bonchev–Trinajstić information content (AvgIpc) is 3.26. The van der Waals surface area contributed by atoms with Crippen LogP contribution in [0, 0.1) is 11.3 Å². The minimum Gasteiger partial charge on any atom is -0.497 e. The maximum atomic E-state index is 13.6. The number of amides is 2. The normalized spacial score (nSPS) is 19.8. The fourth-order valence-electron chi connectivity index (χ4n) is 6.93. The van der Waals surface area contributed by atoms with Crippen LogP contribution < -0.4 is 20.1 Å². The summed E-state index contributed by atoms with van der Waals surface area (Å²) in [6.07, 6.45) is -2.56. The van der Waals surface area contributed by atoms with Gasteiger partial charge in [0.2, 0.25) is 11.8 Å². The molecule has 61 heavy (non-hydrogen) atoms. The van der Waals surface area contributed by atoms with Crippen LogP contribution in [0.3, 0.4) is 0 Å². The van der Waals surface area contributed by atoms with Gasteiger partial charge in [-0.1, -0.05) is 61.5 Å². The summed E-state index contributed by atoms with van der Waals surface area (Å²) in [5.74, 6) is -0.900. The lowest BCUT2D eigenvalue weighted by molar-refractivity contribution is -0.264. The third-order valence-corrected chi connectivity index (χ3v) is 10.3. The van der Waals surface area contributed by atoms with Gasteiger partial charge in [0.05, 0.1) is 71.9 Å². The van der Waals surface area contributed by atoms with Crippen LogP contribution in [0.15, 0.2) is 78.9 Å². The lowest BCUT2D eigenvalue weighted by Crippen LogP contribution is -2.62. The molecule has 1 fully saturated rings. The number of carbonyl (C=O) groups excluding carboxylic acids is 4. The molecule has 16 heteroatoms. The van der Waals surface area contributed by atoms with E-state index in [1.807, 2.05) is 78.9 Å². The lowest BCUT2D eigenvalue weighted by atomic mass is 9.79. The van der Waals surface area contributed by atoms with Crippen molar-refractivity contribution in [2.75, 3.05) is 73.6 Å². The molecule has 2 amide bonds. The highest BCUT2D eigenvalue weighted by Gasteiger charge is 2.47. The first-order chi connectivity index (χ1) is 29.3. The SMILES string of the molecule is COc1ccc(C(OCC(C)(CO)C(=O)NCCOCCOCCOC2OC(COC(C)=O)C(OC(C)=O)C(C)C2NC(C)=O)(c2ccccc2)c2ccc(OC)cc2)cc1. The molecular formula is C45H60N2O14. The van der Waals surface area contributed by atoms with Gasteiger partial charge in [0, 0.05) is 33.2 Å². The van der Waals surface area contributed by atoms with Crippen LogP contribution >= 0.6 is 0 Å². The van der Waals surface area contributed by atoms with Crippen molar-refractivity contribution in [2.45, 2.75) is 64.8 Å². The molecule has 6 atom stereocenters. The van der Waals surface area contributed by atoms with Gasteiger partial charge >= 0.3 is 11.9 Å². The number of aliphatic hydroxyl groups is 1. The molecule has 3 aromatic rings. The highest BCUT2D eigenvalue weighted by Crippen LogP contribution is 2.43. The Morgan fingerprint density at radius 2 is 1.31 bits per heavy atom. The van der Waals surface area contributed by atoms with Crippen LogP contribution in [0.5, 0.6) is 11.5 Å². The van der Waals surface area contributed by atoms with Crippen molar-refractivity contribution in [2.24, 2.45) is 11.3 Å². The van der Waals surface area contributed by atoms with E-state index >= 15 is 0 Å². The second-order valence-corrected chi connectivity index (χ2v) is 14.9. The monoisotopic (exact) mass is 852 g/mol. The van der Waals surface area contributed by atoms with Gasteiger partial charge in [-0.3, -0.25) is 19.2 Å². The predicted molar refractivity (Wildman–Crippen MR) is 222 cm³/mol. The maximum Gasteiger partial charge on any atom is 0.303 e. The molecule has 1 saturated heterocycles. The second kappa shape index (κ2) is 23.8. The van der Waals surface area contributed by atoms with E-state index in [4.69, 9.17) is 42.6 Å². The zero-order valence-electron chi connectivity index (χ0n) is 36.0. The zero-order chi connectivity index (χ0) is 44.4. The Balaban J connectivity index is 1.29. The topological polar surface area (TPSA) is 196 Å². The smallest absolute Gasteiger partial charge is 0.303 e. The minimum atomic E-state index is -1.33. The highest BCUT2D eigenvalue weighted by atomic mass is 16.7. The summed E-state index contributed by atoms with van der Waals surface area (Å²) in [6.45, 7) is 7.55. The number of rotatable bonds is 24. The number of esters is 2. The quantitative estimate of drug-likeness (QED) is 0.0673. The maximum absolute atomic E-state index is 13.6. The van der Waals surface area contributed by atoms with Crippen molar-refractivity contribution in [3.63, 3.8) is 0 Å². The summed E-state index contributed by atoms with van der Waals surface area (Å²) < 4.78 is 51.7. The summed E-state index contributed by atoms with van der Waals surface area (Å²) in [6, 6.07) is 24.1. The van der Waals surface area contributed by atoms with Gasteiger partial charge in [0.15, 0.2) is 6.29 Å². The molecule has 3 aromatic carbocycles. The Morgan fingerprint density at radius 3 is 1.84 bits per heavy atom. The van der Waals surface area contributed by atoms with Gasteiger partial charge in [-0.05, 0) is 47.9 Å². The molecule has 6 unspecified atom stereocenters. The number of ether oxygens (including phenoxy) is 9. The van der Waals surface area contributed by atoms with Gasteiger partial charge in [-0.25, -0.2) is 0 Å². The molecule has 334 valence electrons. The van der Waals surface area contributed by atoms with Crippen molar-refractivity contribution in [3.05, 3.63) is 95.6 Å².